The van der Waals surface area contributed by atoms with Crippen molar-refractivity contribution in [3.8, 4) is 0 Å². The third kappa shape index (κ3) is 2.77. The number of carbonyl (C=O) groups excluding carboxylic acids is 1. The average Bonchev–Trinajstić information content (AvgIpc) is 2.57. The molecule has 1 aromatic heterocycles. The molecule has 0 N–H and O–H groups in total. The number of hydrogen-bond acceptors (Lipinski definition) is 3. The fraction of sp³-hybridized carbons (Fsp3) is 0.667. The molecular weight excluding hydrogens is 282 g/mol. The first-order chi connectivity index (χ1) is 8.11. The molecule has 1 aromatic rings. The Labute approximate surface area is 110 Å². The minimum absolute atomic E-state index is 0.267. The molecule has 2 rings (SSSR count). The predicted molar refractivity (Wildman–Crippen MR) is 69.7 cm³/mol. The lowest BCUT2D eigenvalue weighted by Crippen LogP contribution is -2.34. The molecule has 0 amide bonds. The molecule has 0 unspecified atom stereocenters. The van der Waals surface area contributed by atoms with E-state index in [9.17, 15) is 4.79 Å². The Hall–Kier alpha value is -0.680. The van der Waals surface area contributed by atoms with Crippen molar-refractivity contribution in [2.75, 3.05) is 13.1 Å². The molecule has 17 heavy (non-hydrogen) atoms. The zero-order valence-electron chi connectivity index (χ0n) is 10.3. The monoisotopic (exact) mass is 299 g/mol. The molecule has 1 fully saturated rings. The highest BCUT2D eigenvalue weighted by Gasteiger charge is 2.21. The summed E-state index contributed by atoms with van der Waals surface area (Å²) in [5, 5.41) is 4.39. The second kappa shape index (κ2) is 5.31. The van der Waals surface area contributed by atoms with Crippen LogP contribution < -0.4 is 0 Å². The SMILES string of the molecule is Cc1nn(C)c(CN2CCC(C=O)CC2)c1Br. The summed E-state index contributed by atoms with van der Waals surface area (Å²) < 4.78 is 3.04. The van der Waals surface area contributed by atoms with E-state index in [1.807, 2.05) is 18.7 Å². The van der Waals surface area contributed by atoms with Gasteiger partial charge in [-0.1, -0.05) is 0 Å². The first-order valence-electron chi connectivity index (χ1n) is 5.97. The van der Waals surface area contributed by atoms with E-state index in [2.05, 4.69) is 25.9 Å². The van der Waals surface area contributed by atoms with E-state index >= 15 is 0 Å². The van der Waals surface area contributed by atoms with Crippen molar-refractivity contribution in [3.05, 3.63) is 15.9 Å². The molecule has 0 bridgehead atoms. The summed E-state index contributed by atoms with van der Waals surface area (Å²) in [6.07, 6.45) is 3.07. The molecule has 0 atom stereocenters. The van der Waals surface area contributed by atoms with Crippen LogP contribution in [0.25, 0.3) is 0 Å². The lowest BCUT2D eigenvalue weighted by atomic mass is 9.98. The maximum Gasteiger partial charge on any atom is 0.123 e. The Kier molecular flexibility index (Phi) is 3.99. The van der Waals surface area contributed by atoms with Gasteiger partial charge in [0.2, 0.25) is 0 Å². The van der Waals surface area contributed by atoms with E-state index < -0.39 is 0 Å². The van der Waals surface area contributed by atoms with Crippen LogP contribution in [0.1, 0.15) is 24.2 Å². The summed E-state index contributed by atoms with van der Waals surface area (Å²) in [5.74, 6) is 0.267. The van der Waals surface area contributed by atoms with E-state index in [-0.39, 0.29) is 5.92 Å². The first kappa shape index (κ1) is 12.8. The van der Waals surface area contributed by atoms with Gasteiger partial charge in [-0.05, 0) is 48.8 Å². The number of hydrogen-bond donors (Lipinski definition) is 0. The Balaban J connectivity index is 2.00. The van der Waals surface area contributed by atoms with Crippen LogP contribution >= 0.6 is 15.9 Å². The molecule has 94 valence electrons. The maximum absolute atomic E-state index is 10.7. The van der Waals surface area contributed by atoms with Crippen molar-refractivity contribution < 1.29 is 4.79 Å². The van der Waals surface area contributed by atoms with Crippen LogP contribution in [-0.2, 0) is 18.4 Å². The molecule has 2 heterocycles. The standard InChI is InChI=1S/C12H18BrN3O/c1-9-12(13)11(15(2)14-9)7-16-5-3-10(8-17)4-6-16/h8,10H,3-7H2,1-2H3. The predicted octanol–water partition coefficient (Wildman–Crippen LogP) is 1.90. The Morgan fingerprint density at radius 2 is 2.12 bits per heavy atom. The molecule has 0 aliphatic carbocycles. The topological polar surface area (TPSA) is 38.1 Å². The molecule has 1 saturated heterocycles. The second-order valence-electron chi connectivity index (χ2n) is 4.72. The van der Waals surface area contributed by atoms with Crippen LogP contribution in [0.15, 0.2) is 4.47 Å². The van der Waals surface area contributed by atoms with Crippen LogP contribution in [-0.4, -0.2) is 34.1 Å². The number of rotatable bonds is 3. The summed E-state index contributed by atoms with van der Waals surface area (Å²) in [6.45, 7) is 4.91. The van der Waals surface area contributed by atoms with E-state index in [0.29, 0.717) is 0 Å². The van der Waals surface area contributed by atoms with Gasteiger partial charge in [0.05, 0.1) is 15.9 Å². The van der Waals surface area contributed by atoms with Gasteiger partial charge >= 0.3 is 0 Å². The van der Waals surface area contributed by atoms with Crippen LogP contribution in [0.2, 0.25) is 0 Å². The van der Waals surface area contributed by atoms with Gasteiger partial charge < -0.3 is 4.79 Å². The largest absolute Gasteiger partial charge is 0.303 e. The zero-order valence-corrected chi connectivity index (χ0v) is 11.9. The second-order valence-corrected chi connectivity index (χ2v) is 5.51. The maximum atomic E-state index is 10.7. The minimum Gasteiger partial charge on any atom is -0.303 e. The van der Waals surface area contributed by atoms with Gasteiger partial charge in [0.15, 0.2) is 0 Å². The van der Waals surface area contributed by atoms with Crippen LogP contribution in [0.4, 0.5) is 0 Å². The third-order valence-electron chi connectivity index (χ3n) is 3.46. The number of likely N-dealkylation sites (tertiary alicyclic amines) is 1. The Morgan fingerprint density at radius 1 is 1.47 bits per heavy atom. The number of aldehydes is 1. The van der Waals surface area contributed by atoms with Gasteiger partial charge in [0, 0.05) is 19.5 Å². The number of nitrogens with zero attached hydrogens (tertiary/aromatic N) is 3. The minimum atomic E-state index is 0.267. The lowest BCUT2D eigenvalue weighted by molar-refractivity contribution is -0.112. The number of halogens is 1. The van der Waals surface area contributed by atoms with Crippen molar-refractivity contribution in [1.82, 2.24) is 14.7 Å². The van der Waals surface area contributed by atoms with Gasteiger partial charge in [-0.25, -0.2) is 0 Å². The van der Waals surface area contributed by atoms with Crippen LogP contribution in [0.3, 0.4) is 0 Å². The molecule has 1 aliphatic rings. The van der Waals surface area contributed by atoms with E-state index in [1.165, 1.54) is 5.69 Å². The molecule has 5 heteroatoms. The van der Waals surface area contributed by atoms with Crippen LogP contribution in [0.5, 0.6) is 0 Å². The Morgan fingerprint density at radius 3 is 2.59 bits per heavy atom. The third-order valence-corrected chi connectivity index (χ3v) is 4.49. The fourth-order valence-electron chi connectivity index (χ4n) is 2.31. The van der Waals surface area contributed by atoms with E-state index in [1.54, 1.807) is 0 Å². The van der Waals surface area contributed by atoms with Crippen molar-refractivity contribution >= 4 is 22.2 Å². The van der Waals surface area contributed by atoms with E-state index in [0.717, 1.165) is 48.9 Å². The molecule has 0 aromatic carbocycles. The summed E-state index contributed by atoms with van der Waals surface area (Å²) >= 11 is 3.59. The van der Waals surface area contributed by atoms with E-state index in [4.69, 9.17) is 0 Å². The van der Waals surface area contributed by atoms with Gasteiger partial charge in [0.25, 0.3) is 0 Å². The summed E-state index contributed by atoms with van der Waals surface area (Å²) in [7, 11) is 1.98. The van der Waals surface area contributed by atoms with Gasteiger partial charge in [-0.3, -0.25) is 9.58 Å². The van der Waals surface area contributed by atoms with Gasteiger partial charge in [0.1, 0.15) is 6.29 Å². The summed E-state index contributed by atoms with van der Waals surface area (Å²) in [4.78, 5) is 13.1. The summed E-state index contributed by atoms with van der Waals surface area (Å²) in [5.41, 5.74) is 2.25. The van der Waals surface area contributed by atoms with Crippen molar-refractivity contribution in [2.45, 2.75) is 26.3 Å². The smallest absolute Gasteiger partial charge is 0.123 e. The zero-order chi connectivity index (χ0) is 12.4. The normalized spacial score (nSPS) is 18.5. The van der Waals surface area contributed by atoms with Crippen molar-refractivity contribution in [3.63, 3.8) is 0 Å². The average molecular weight is 300 g/mol. The van der Waals surface area contributed by atoms with Crippen LogP contribution in [0, 0.1) is 12.8 Å². The fourth-order valence-corrected chi connectivity index (χ4v) is 2.77. The number of aryl methyl sites for hydroxylation is 2. The van der Waals surface area contributed by atoms with Gasteiger partial charge in [-0.2, -0.15) is 5.10 Å². The highest BCUT2D eigenvalue weighted by molar-refractivity contribution is 9.10. The molecular formula is C12H18BrN3O. The van der Waals surface area contributed by atoms with Crippen molar-refractivity contribution in [1.29, 1.82) is 0 Å². The molecule has 0 saturated carbocycles. The molecule has 0 spiro atoms. The lowest BCUT2D eigenvalue weighted by Gasteiger charge is -2.29. The molecule has 0 radical (unpaired) electrons. The van der Waals surface area contributed by atoms with Gasteiger partial charge in [-0.15, -0.1) is 0 Å². The number of aromatic nitrogens is 2. The molecule has 4 nitrogen and oxygen atoms in total. The molecule has 1 aliphatic heterocycles. The number of carbonyl (C=O) groups is 1. The van der Waals surface area contributed by atoms with Crippen molar-refractivity contribution in [2.24, 2.45) is 13.0 Å². The highest BCUT2D eigenvalue weighted by atomic mass is 79.9. The number of piperidine rings is 1. The Bertz CT molecular complexity index is 408. The summed E-state index contributed by atoms with van der Waals surface area (Å²) in [6, 6.07) is 0. The first-order valence-corrected chi connectivity index (χ1v) is 6.76. The highest BCUT2D eigenvalue weighted by Crippen LogP contribution is 2.23. The quantitative estimate of drug-likeness (QED) is 0.800.